The Bertz CT molecular complexity index is 500. The molecule has 1 saturated heterocycles. The van der Waals surface area contributed by atoms with E-state index in [9.17, 15) is 9.59 Å². The molecule has 1 aliphatic rings. The first kappa shape index (κ1) is 15.5. The summed E-state index contributed by atoms with van der Waals surface area (Å²) in [5, 5.41) is 6.63. The van der Waals surface area contributed by atoms with E-state index in [0.717, 1.165) is 13.0 Å². The van der Waals surface area contributed by atoms with Crippen LogP contribution in [0.2, 0.25) is 0 Å². The predicted molar refractivity (Wildman–Crippen MR) is 75.3 cm³/mol. The Morgan fingerprint density at radius 1 is 1.52 bits per heavy atom. The van der Waals surface area contributed by atoms with Gasteiger partial charge in [-0.2, -0.15) is 4.98 Å². The van der Waals surface area contributed by atoms with E-state index < -0.39 is 0 Å². The molecule has 1 aromatic rings. The zero-order valence-corrected chi connectivity index (χ0v) is 12.6. The molecule has 1 aliphatic heterocycles. The number of carbonyl (C=O) groups excluding carboxylic acids is 2. The van der Waals surface area contributed by atoms with Crippen LogP contribution in [0, 0.1) is 6.92 Å². The van der Waals surface area contributed by atoms with Crippen LogP contribution in [0.3, 0.4) is 0 Å². The van der Waals surface area contributed by atoms with Gasteiger partial charge in [0.1, 0.15) is 6.04 Å². The zero-order chi connectivity index (χ0) is 15.2. The van der Waals surface area contributed by atoms with Gasteiger partial charge in [-0.3, -0.25) is 9.59 Å². The number of hydrogen-bond donors (Lipinski definition) is 1. The molecule has 0 spiro atoms. The molecule has 7 nitrogen and oxygen atoms in total. The van der Waals surface area contributed by atoms with Crippen molar-refractivity contribution in [1.82, 2.24) is 20.4 Å². The normalized spacial score (nSPS) is 16.3. The van der Waals surface area contributed by atoms with Crippen molar-refractivity contribution < 1.29 is 14.1 Å². The lowest BCUT2D eigenvalue weighted by Crippen LogP contribution is -2.30. The smallest absolute Gasteiger partial charge is 0.249 e. The van der Waals surface area contributed by atoms with Gasteiger partial charge in [-0.15, -0.1) is 0 Å². The molecule has 7 heteroatoms. The van der Waals surface area contributed by atoms with E-state index in [1.807, 2.05) is 11.8 Å². The van der Waals surface area contributed by atoms with Crippen molar-refractivity contribution in [2.45, 2.75) is 52.0 Å². The van der Waals surface area contributed by atoms with Gasteiger partial charge in [-0.05, 0) is 26.2 Å². The highest BCUT2D eigenvalue weighted by molar-refractivity contribution is 5.78. The molecule has 2 amide bonds. The standard InChI is InChI=1S/C14H22N4O3/c1-3-11(14-15-10(2)17-21-14)16-12(19)6-4-8-18-9-5-7-13(18)20/h11H,3-9H2,1-2H3,(H,16,19). The Kier molecular flexibility index (Phi) is 5.30. The number of carbonyl (C=O) groups is 2. The summed E-state index contributed by atoms with van der Waals surface area (Å²) < 4.78 is 5.09. The molecule has 0 aliphatic carbocycles. The van der Waals surface area contributed by atoms with Crippen molar-refractivity contribution >= 4 is 11.8 Å². The van der Waals surface area contributed by atoms with E-state index in [-0.39, 0.29) is 17.9 Å². The van der Waals surface area contributed by atoms with Gasteiger partial charge in [0.15, 0.2) is 5.82 Å². The lowest BCUT2D eigenvalue weighted by Gasteiger charge is -2.16. The number of aryl methyl sites for hydroxylation is 1. The van der Waals surface area contributed by atoms with Crippen LogP contribution in [0.15, 0.2) is 4.52 Å². The van der Waals surface area contributed by atoms with Crippen molar-refractivity contribution in [1.29, 1.82) is 0 Å². The van der Waals surface area contributed by atoms with Crippen LogP contribution in [0.1, 0.15) is 56.8 Å². The summed E-state index contributed by atoms with van der Waals surface area (Å²) in [4.78, 5) is 29.4. The van der Waals surface area contributed by atoms with Gasteiger partial charge in [0, 0.05) is 25.9 Å². The molecule has 116 valence electrons. The second kappa shape index (κ2) is 7.19. The minimum atomic E-state index is -0.243. The molecule has 1 atom stereocenters. The quantitative estimate of drug-likeness (QED) is 0.820. The zero-order valence-electron chi connectivity index (χ0n) is 12.6. The maximum Gasteiger partial charge on any atom is 0.249 e. The van der Waals surface area contributed by atoms with E-state index in [4.69, 9.17) is 4.52 Å². The van der Waals surface area contributed by atoms with Crippen LogP contribution in [-0.4, -0.2) is 39.9 Å². The topological polar surface area (TPSA) is 88.3 Å². The molecule has 0 bridgehead atoms. The molecule has 21 heavy (non-hydrogen) atoms. The molecule has 0 radical (unpaired) electrons. The summed E-state index contributed by atoms with van der Waals surface area (Å²) in [6.45, 7) is 5.17. The SMILES string of the molecule is CCC(NC(=O)CCCN1CCCC1=O)c1nc(C)no1. The number of hydrogen-bond acceptors (Lipinski definition) is 5. The number of amides is 2. The summed E-state index contributed by atoms with van der Waals surface area (Å²) >= 11 is 0. The maximum atomic E-state index is 11.9. The van der Waals surface area contributed by atoms with Crippen molar-refractivity contribution in [2.75, 3.05) is 13.1 Å². The monoisotopic (exact) mass is 294 g/mol. The van der Waals surface area contributed by atoms with Crippen LogP contribution >= 0.6 is 0 Å². The Morgan fingerprint density at radius 3 is 2.90 bits per heavy atom. The average molecular weight is 294 g/mol. The summed E-state index contributed by atoms with van der Waals surface area (Å²) in [6, 6.07) is -0.243. The molecular weight excluding hydrogens is 272 g/mol. The molecule has 1 aromatic heterocycles. The van der Waals surface area contributed by atoms with Crippen LogP contribution in [-0.2, 0) is 9.59 Å². The van der Waals surface area contributed by atoms with Crippen molar-refractivity contribution in [3.05, 3.63) is 11.7 Å². The summed E-state index contributed by atoms with van der Waals surface area (Å²) in [7, 11) is 0. The fourth-order valence-corrected chi connectivity index (χ4v) is 2.43. The third-order valence-corrected chi connectivity index (χ3v) is 3.59. The maximum absolute atomic E-state index is 11.9. The molecule has 0 saturated carbocycles. The Balaban J connectivity index is 1.74. The first-order chi connectivity index (χ1) is 10.1. The number of nitrogens with one attached hydrogen (secondary N) is 1. The Hall–Kier alpha value is -1.92. The van der Waals surface area contributed by atoms with Gasteiger partial charge in [0.2, 0.25) is 17.7 Å². The molecule has 2 heterocycles. The highest BCUT2D eigenvalue weighted by Gasteiger charge is 2.21. The van der Waals surface area contributed by atoms with E-state index >= 15 is 0 Å². The predicted octanol–water partition coefficient (Wildman–Crippen LogP) is 1.35. The van der Waals surface area contributed by atoms with Gasteiger partial charge in [0.05, 0.1) is 0 Å². The number of nitrogens with zero attached hydrogens (tertiary/aromatic N) is 3. The molecule has 1 unspecified atom stereocenters. The van der Waals surface area contributed by atoms with Gasteiger partial charge in [-0.25, -0.2) is 0 Å². The molecule has 1 N–H and O–H groups in total. The molecule has 1 fully saturated rings. The lowest BCUT2D eigenvalue weighted by atomic mass is 10.2. The highest BCUT2D eigenvalue weighted by Crippen LogP contribution is 2.15. The minimum Gasteiger partial charge on any atom is -0.344 e. The molecular formula is C14H22N4O3. The second-order valence-corrected chi connectivity index (χ2v) is 5.30. The minimum absolute atomic E-state index is 0.0515. The number of aromatic nitrogens is 2. The second-order valence-electron chi connectivity index (χ2n) is 5.30. The highest BCUT2D eigenvalue weighted by atomic mass is 16.5. The van der Waals surface area contributed by atoms with Crippen molar-refractivity contribution in [2.24, 2.45) is 0 Å². The third kappa shape index (κ3) is 4.27. The molecule has 2 rings (SSSR count). The van der Waals surface area contributed by atoms with Gasteiger partial charge in [-0.1, -0.05) is 12.1 Å². The van der Waals surface area contributed by atoms with Crippen LogP contribution in [0.25, 0.3) is 0 Å². The fourth-order valence-electron chi connectivity index (χ4n) is 2.43. The first-order valence-electron chi connectivity index (χ1n) is 7.47. The van der Waals surface area contributed by atoms with Gasteiger partial charge < -0.3 is 14.7 Å². The van der Waals surface area contributed by atoms with E-state index in [1.54, 1.807) is 6.92 Å². The van der Waals surface area contributed by atoms with Gasteiger partial charge in [0.25, 0.3) is 0 Å². The van der Waals surface area contributed by atoms with E-state index in [1.165, 1.54) is 0 Å². The van der Waals surface area contributed by atoms with Crippen LogP contribution in [0.4, 0.5) is 0 Å². The lowest BCUT2D eigenvalue weighted by molar-refractivity contribution is -0.128. The van der Waals surface area contributed by atoms with Crippen molar-refractivity contribution in [3.63, 3.8) is 0 Å². The van der Waals surface area contributed by atoms with Crippen LogP contribution < -0.4 is 5.32 Å². The number of likely N-dealkylation sites (tertiary alicyclic amines) is 1. The summed E-state index contributed by atoms with van der Waals surface area (Å²) in [5.41, 5.74) is 0. The van der Waals surface area contributed by atoms with Crippen molar-refractivity contribution in [3.8, 4) is 0 Å². The Labute approximate surface area is 124 Å². The number of rotatable bonds is 7. The summed E-state index contributed by atoms with van der Waals surface area (Å²) in [5.74, 6) is 1.15. The van der Waals surface area contributed by atoms with Crippen LogP contribution in [0.5, 0.6) is 0 Å². The summed E-state index contributed by atoms with van der Waals surface area (Å²) in [6.07, 6.45) is 3.34. The first-order valence-corrected chi connectivity index (χ1v) is 7.47. The average Bonchev–Trinajstić information content (AvgIpc) is 3.05. The largest absolute Gasteiger partial charge is 0.344 e. The Morgan fingerprint density at radius 2 is 2.33 bits per heavy atom. The van der Waals surface area contributed by atoms with E-state index in [2.05, 4.69) is 15.5 Å². The molecule has 0 aromatic carbocycles. The third-order valence-electron chi connectivity index (χ3n) is 3.59. The van der Waals surface area contributed by atoms with Gasteiger partial charge >= 0.3 is 0 Å². The van der Waals surface area contributed by atoms with E-state index in [0.29, 0.717) is 43.9 Å². The fraction of sp³-hybridized carbons (Fsp3) is 0.714.